The van der Waals surface area contributed by atoms with Gasteiger partial charge in [0.15, 0.2) is 0 Å². The van der Waals surface area contributed by atoms with Crippen molar-refractivity contribution in [1.29, 1.82) is 0 Å². The monoisotopic (exact) mass is 260 g/mol. The molecule has 2 heterocycles. The molecule has 4 heteroatoms. The van der Waals surface area contributed by atoms with Gasteiger partial charge in [-0.25, -0.2) is 9.37 Å². The van der Waals surface area contributed by atoms with Crippen LogP contribution in [0.3, 0.4) is 0 Å². The van der Waals surface area contributed by atoms with Crippen LogP contribution in [-0.4, -0.2) is 9.38 Å². The largest absolute Gasteiger partial charge is 0.302 e. The first-order chi connectivity index (χ1) is 8.66. The van der Waals surface area contributed by atoms with Crippen LogP contribution in [0.15, 0.2) is 42.6 Å². The Morgan fingerprint density at radius 2 is 1.94 bits per heavy atom. The first-order valence-corrected chi connectivity index (χ1v) is 5.94. The number of rotatable bonds is 1. The Morgan fingerprint density at radius 3 is 2.72 bits per heavy atom. The number of hydrogen-bond donors (Lipinski definition) is 0. The molecule has 0 radical (unpaired) electrons. The van der Waals surface area contributed by atoms with Gasteiger partial charge in [-0.3, -0.25) is 0 Å². The second-order valence-corrected chi connectivity index (χ2v) is 4.54. The van der Waals surface area contributed by atoms with Gasteiger partial charge in [0.05, 0.1) is 10.7 Å². The molecule has 1 aromatic carbocycles. The van der Waals surface area contributed by atoms with Gasteiger partial charge in [-0.05, 0) is 31.2 Å². The topological polar surface area (TPSA) is 17.3 Å². The summed E-state index contributed by atoms with van der Waals surface area (Å²) >= 11 is 5.95. The van der Waals surface area contributed by atoms with Gasteiger partial charge in [-0.2, -0.15) is 0 Å². The maximum atomic E-state index is 13.8. The van der Waals surface area contributed by atoms with Crippen LogP contribution in [0.4, 0.5) is 4.39 Å². The van der Waals surface area contributed by atoms with Crippen LogP contribution in [-0.2, 0) is 0 Å². The molecule has 0 amide bonds. The quantitative estimate of drug-likeness (QED) is 0.644. The van der Waals surface area contributed by atoms with E-state index in [9.17, 15) is 4.39 Å². The number of aromatic nitrogens is 2. The molecule has 0 saturated carbocycles. The van der Waals surface area contributed by atoms with Crippen LogP contribution >= 0.6 is 11.6 Å². The van der Waals surface area contributed by atoms with Gasteiger partial charge in [-0.1, -0.05) is 23.7 Å². The number of halogens is 2. The zero-order valence-corrected chi connectivity index (χ0v) is 10.4. The lowest BCUT2D eigenvalue weighted by molar-refractivity contribution is 0.630. The lowest BCUT2D eigenvalue weighted by atomic mass is 10.1. The van der Waals surface area contributed by atoms with E-state index >= 15 is 0 Å². The second-order valence-electron chi connectivity index (χ2n) is 4.10. The van der Waals surface area contributed by atoms with Crippen molar-refractivity contribution in [3.05, 3.63) is 59.1 Å². The number of pyridine rings is 1. The molecule has 18 heavy (non-hydrogen) atoms. The molecular formula is C14H10ClFN2. The fraction of sp³-hybridized carbons (Fsp3) is 0.0714. The lowest BCUT2D eigenvalue weighted by Crippen LogP contribution is -1.88. The highest BCUT2D eigenvalue weighted by atomic mass is 35.5. The standard InChI is InChI=1S/C14H10ClFN2/c1-9-14(11-4-2-3-5-12(11)16)17-13-7-6-10(15)8-18(9)13/h2-8H,1H3. The smallest absolute Gasteiger partial charge is 0.137 e. The van der Waals surface area contributed by atoms with Crippen molar-refractivity contribution in [1.82, 2.24) is 9.38 Å². The molecule has 0 bridgehead atoms. The maximum absolute atomic E-state index is 13.8. The van der Waals surface area contributed by atoms with Crippen LogP contribution in [0.25, 0.3) is 16.9 Å². The fourth-order valence-corrected chi connectivity index (χ4v) is 2.21. The van der Waals surface area contributed by atoms with Crippen molar-refractivity contribution in [3.8, 4) is 11.3 Å². The minimum absolute atomic E-state index is 0.268. The molecule has 0 aliphatic carbocycles. The first kappa shape index (κ1) is 11.2. The third kappa shape index (κ3) is 1.68. The van der Waals surface area contributed by atoms with E-state index in [4.69, 9.17) is 11.6 Å². The summed E-state index contributed by atoms with van der Waals surface area (Å²) in [6, 6.07) is 10.2. The van der Waals surface area contributed by atoms with Crippen molar-refractivity contribution < 1.29 is 4.39 Å². The van der Waals surface area contributed by atoms with Crippen molar-refractivity contribution in [3.63, 3.8) is 0 Å². The molecule has 0 atom stereocenters. The van der Waals surface area contributed by atoms with Gasteiger partial charge in [0.25, 0.3) is 0 Å². The van der Waals surface area contributed by atoms with E-state index in [0.717, 1.165) is 11.3 Å². The summed E-state index contributed by atoms with van der Waals surface area (Å²) in [5.41, 5.74) is 2.79. The maximum Gasteiger partial charge on any atom is 0.137 e. The van der Waals surface area contributed by atoms with Crippen molar-refractivity contribution in [2.45, 2.75) is 6.92 Å². The molecule has 0 unspecified atom stereocenters. The van der Waals surface area contributed by atoms with Gasteiger partial charge in [0.1, 0.15) is 11.5 Å². The highest BCUT2D eigenvalue weighted by Gasteiger charge is 2.13. The highest BCUT2D eigenvalue weighted by Crippen LogP contribution is 2.26. The van der Waals surface area contributed by atoms with Crippen molar-refractivity contribution in [2.24, 2.45) is 0 Å². The number of benzene rings is 1. The summed E-state index contributed by atoms with van der Waals surface area (Å²) in [6.45, 7) is 1.90. The fourth-order valence-electron chi connectivity index (χ4n) is 2.04. The molecule has 0 aliphatic heterocycles. The van der Waals surface area contributed by atoms with E-state index in [2.05, 4.69) is 4.98 Å². The zero-order chi connectivity index (χ0) is 12.7. The van der Waals surface area contributed by atoms with Gasteiger partial charge < -0.3 is 4.40 Å². The molecule has 0 fully saturated rings. The molecule has 90 valence electrons. The minimum atomic E-state index is -0.268. The molecule has 0 spiro atoms. The molecule has 2 nitrogen and oxygen atoms in total. The Kier molecular flexibility index (Phi) is 2.56. The summed E-state index contributed by atoms with van der Waals surface area (Å²) in [4.78, 5) is 4.45. The average molecular weight is 261 g/mol. The van der Waals surface area contributed by atoms with Crippen molar-refractivity contribution >= 4 is 17.2 Å². The average Bonchev–Trinajstić information content (AvgIpc) is 2.68. The number of aryl methyl sites for hydroxylation is 1. The van der Waals surface area contributed by atoms with Crippen LogP contribution in [0.2, 0.25) is 5.02 Å². The van der Waals surface area contributed by atoms with E-state index in [0.29, 0.717) is 16.3 Å². The summed E-state index contributed by atoms with van der Waals surface area (Å²) in [5, 5.41) is 0.628. The Labute approximate surface area is 109 Å². The van der Waals surface area contributed by atoms with Crippen LogP contribution in [0.1, 0.15) is 5.69 Å². The van der Waals surface area contributed by atoms with Gasteiger partial charge in [0, 0.05) is 17.5 Å². The molecule has 3 aromatic rings. The summed E-state index contributed by atoms with van der Waals surface area (Å²) in [7, 11) is 0. The number of fused-ring (bicyclic) bond motifs is 1. The van der Waals surface area contributed by atoms with Gasteiger partial charge >= 0.3 is 0 Å². The summed E-state index contributed by atoms with van der Waals surface area (Å²) in [6.07, 6.45) is 1.78. The molecule has 0 aliphatic rings. The van der Waals surface area contributed by atoms with E-state index in [1.807, 2.05) is 17.4 Å². The van der Waals surface area contributed by atoms with E-state index in [-0.39, 0.29) is 5.82 Å². The lowest BCUT2D eigenvalue weighted by Gasteiger charge is -2.01. The first-order valence-electron chi connectivity index (χ1n) is 5.56. The Morgan fingerprint density at radius 1 is 1.17 bits per heavy atom. The molecule has 0 N–H and O–H groups in total. The number of imidazole rings is 1. The highest BCUT2D eigenvalue weighted by molar-refractivity contribution is 6.30. The number of hydrogen-bond acceptors (Lipinski definition) is 1. The Hall–Kier alpha value is -1.87. The summed E-state index contributed by atoms with van der Waals surface area (Å²) in [5.74, 6) is -0.268. The third-order valence-corrected chi connectivity index (χ3v) is 3.17. The van der Waals surface area contributed by atoms with Crippen LogP contribution < -0.4 is 0 Å². The van der Waals surface area contributed by atoms with Crippen molar-refractivity contribution in [2.75, 3.05) is 0 Å². The Balaban J connectivity index is 2.31. The normalized spacial score (nSPS) is 11.1. The molecular weight excluding hydrogens is 251 g/mol. The van der Waals surface area contributed by atoms with Gasteiger partial charge in [0.2, 0.25) is 0 Å². The molecule has 3 rings (SSSR count). The van der Waals surface area contributed by atoms with E-state index in [1.54, 1.807) is 30.5 Å². The summed E-state index contributed by atoms with van der Waals surface area (Å²) < 4.78 is 15.7. The Bertz CT molecular complexity index is 734. The van der Waals surface area contributed by atoms with Crippen LogP contribution in [0.5, 0.6) is 0 Å². The zero-order valence-electron chi connectivity index (χ0n) is 9.69. The molecule has 0 saturated heterocycles. The SMILES string of the molecule is Cc1c(-c2ccccc2F)nc2ccc(Cl)cn12. The molecule has 2 aromatic heterocycles. The second kappa shape index (κ2) is 4.10. The predicted molar refractivity (Wildman–Crippen MR) is 70.3 cm³/mol. The van der Waals surface area contributed by atoms with E-state index in [1.165, 1.54) is 6.07 Å². The van der Waals surface area contributed by atoms with E-state index < -0.39 is 0 Å². The third-order valence-electron chi connectivity index (χ3n) is 2.95. The van der Waals surface area contributed by atoms with Gasteiger partial charge in [-0.15, -0.1) is 0 Å². The predicted octanol–water partition coefficient (Wildman–Crippen LogP) is 4.10. The number of nitrogens with zero attached hydrogens (tertiary/aromatic N) is 2. The minimum Gasteiger partial charge on any atom is -0.302 e. The van der Waals surface area contributed by atoms with Crippen LogP contribution in [0, 0.1) is 12.7 Å².